The summed E-state index contributed by atoms with van der Waals surface area (Å²) in [4.78, 5) is 64.9. The Balaban J connectivity index is 0.935. The van der Waals surface area contributed by atoms with Crippen molar-refractivity contribution in [3.8, 4) is 28.1 Å². The highest BCUT2D eigenvalue weighted by molar-refractivity contribution is 6.06. The molecule has 4 aliphatic heterocycles. The minimum atomic E-state index is -0.883. The van der Waals surface area contributed by atoms with Crippen LogP contribution in [0.2, 0.25) is 0 Å². The van der Waals surface area contributed by atoms with E-state index >= 15 is 0 Å². The molecule has 4 aliphatic rings. The number of aliphatic imine (C=N–C) groups is 1. The molecule has 2 fully saturated rings. The molecule has 62 heavy (non-hydrogen) atoms. The lowest BCUT2D eigenvalue weighted by atomic mass is 9.90. The molecule has 0 saturated carbocycles. The fourth-order valence-corrected chi connectivity index (χ4v) is 9.78. The molecule has 9 rings (SSSR count). The number of likely N-dealkylation sites (tertiary alicyclic amines) is 2. The van der Waals surface area contributed by atoms with Crippen LogP contribution in [0.3, 0.4) is 0 Å². The number of hydrogen-bond acceptors (Lipinski definition) is 8. The van der Waals surface area contributed by atoms with E-state index in [4.69, 9.17) is 19.2 Å². The lowest BCUT2D eigenvalue weighted by Gasteiger charge is -2.30. The molecule has 13 heteroatoms. The van der Waals surface area contributed by atoms with Crippen LogP contribution in [0.25, 0.3) is 33.2 Å². The van der Waals surface area contributed by atoms with Crippen molar-refractivity contribution in [2.24, 2.45) is 16.8 Å². The minimum absolute atomic E-state index is 0.0969. The van der Waals surface area contributed by atoms with Gasteiger partial charge < -0.3 is 39.6 Å². The van der Waals surface area contributed by atoms with Gasteiger partial charge in [0.2, 0.25) is 11.8 Å². The van der Waals surface area contributed by atoms with Crippen LogP contribution in [-0.2, 0) is 32.1 Å². The highest BCUT2D eigenvalue weighted by Gasteiger charge is 2.42. The third kappa shape index (κ3) is 7.54. The lowest BCUT2D eigenvalue weighted by Crippen LogP contribution is -2.51. The van der Waals surface area contributed by atoms with Crippen LogP contribution in [0.15, 0.2) is 89.9 Å². The summed E-state index contributed by atoms with van der Waals surface area (Å²) in [6.07, 6.45) is 1.83. The van der Waals surface area contributed by atoms with Gasteiger partial charge in [-0.2, -0.15) is 0 Å². The molecule has 4 amide bonds. The normalized spacial score (nSPS) is 19.8. The van der Waals surface area contributed by atoms with Crippen LogP contribution in [0.5, 0.6) is 5.75 Å². The van der Waals surface area contributed by atoms with Crippen LogP contribution in [0, 0.1) is 11.8 Å². The molecule has 2 saturated heterocycles. The van der Waals surface area contributed by atoms with Crippen LogP contribution >= 0.6 is 0 Å². The molecule has 0 radical (unpaired) electrons. The SMILES string of the molecule is COC(=O)N[C@H](C(=O)N1CCC[C@H]1c1ccc(-c2ccc3c(c2)COc2cc4c5c(ccc4cc2-3)N=C([C@@H]2C[C@H](C)CN2C(=O)[C@H](NC(=O)OC)c2ccccc2)C5)[nH]1)C(C)C. The number of nitrogens with one attached hydrogen (secondary N) is 3. The largest absolute Gasteiger partial charge is 0.488 e. The number of nitrogens with zero attached hydrogens (tertiary/aromatic N) is 3. The minimum Gasteiger partial charge on any atom is -0.488 e. The molecule has 0 spiro atoms. The fraction of sp³-hybridized carbons (Fsp3) is 0.367. The second kappa shape index (κ2) is 16.7. The van der Waals surface area contributed by atoms with Gasteiger partial charge in [-0.25, -0.2) is 9.59 Å². The zero-order chi connectivity index (χ0) is 43.2. The number of carbonyl (C=O) groups excluding carboxylic acids is 4. The van der Waals surface area contributed by atoms with Crippen LogP contribution in [-0.4, -0.2) is 83.9 Å². The van der Waals surface area contributed by atoms with Gasteiger partial charge in [-0.15, -0.1) is 0 Å². The molecule has 5 atom stereocenters. The Morgan fingerprint density at radius 2 is 1.65 bits per heavy atom. The van der Waals surface area contributed by atoms with Crippen LogP contribution in [0.4, 0.5) is 15.3 Å². The fourth-order valence-electron chi connectivity index (χ4n) is 9.78. The van der Waals surface area contributed by atoms with Crippen molar-refractivity contribution in [1.29, 1.82) is 0 Å². The Kier molecular flexibility index (Phi) is 11.0. The van der Waals surface area contributed by atoms with Crippen molar-refractivity contribution in [2.75, 3.05) is 27.3 Å². The molecule has 3 N–H and O–H groups in total. The van der Waals surface area contributed by atoms with Crippen LogP contribution in [0.1, 0.15) is 74.5 Å². The molecule has 5 aromatic rings. The first-order valence-electron chi connectivity index (χ1n) is 21.5. The van der Waals surface area contributed by atoms with E-state index in [-0.39, 0.29) is 35.7 Å². The zero-order valence-corrected chi connectivity index (χ0v) is 35.7. The highest BCUT2D eigenvalue weighted by Crippen LogP contribution is 2.45. The Morgan fingerprint density at radius 1 is 0.855 bits per heavy atom. The van der Waals surface area contributed by atoms with Gasteiger partial charge in [0.1, 0.15) is 24.4 Å². The summed E-state index contributed by atoms with van der Waals surface area (Å²) in [5.74, 6) is 0.694. The molecule has 0 unspecified atom stereocenters. The Morgan fingerprint density at radius 3 is 2.42 bits per heavy atom. The monoisotopic (exact) mass is 836 g/mol. The van der Waals surface area contributed by atoms with E-state index < -0.39 is 24.3 Å². The third-order valence-electron chi connectivity index (χ3n) is 12.9. The van der Waals surface area contributed by atoms with E-state index in [1.165, 1.54) is 14.2 Å². The van der Waals surface area contributed by atoms with Crippen molar-refractivity contribution < 1.29 is 33.4 Å². The maximum absolute atomic E-state index is 14.3. The predicted molar refractivity (Wildman–Crippen MR) is 236 cm³/mol. The molecule has 0 bridgehead atoms. The van der Waals surface area contributed by atoms with Crippen molar-refractivity contribution in [2.45, 2.75) is 77.2 Å². The average Bonchev–Trinajstić information content (AvgIpc) is 4.12. The maximum atomic E-state index is 14.3. The molecule has 13 nitrogen and oxygen atoms in total. The van der Waals surface area contributed by atoms with Gasteiger partial charge >= 0.3 is 12.2 Å². The van der Waals surface area contributed by atoms with Gasteiger partial charge in [0, 0.05) is 42.2 Å². The summed E-state index contributed by atoms with van der Waals surface area (Å²) in [5.41, 5.74) is 9.84. The van der Waals surface area contributed by atoms with E-state index in [1.807, 2.05) is 54.0 Å². The lowest BCUT2D eigenvalue weighted by molar-refractivity contribution is -0.135. The van der Waals surface area contributed by atoms with E-state index in [0.717, 1.165) is 86.4 Å². The topological polar surface area (TPSA) is 155 Å². The molecular formula is C49H52N6O7. The summed E-state index contributed by atoms with van der Waals surface area (Å²) < 4.78 is 16.2. The van der Waals surface area contributed by atoms with Crippen molar-refractivity contribution >= 4 is 46.2 Å². The second-order valence-electron chi connectivity index (χ2n) is 17.3. The smallest absolute Gasteiger partial charge is 0.407 e. The summed E-state index contributed by atoms with van der Waals surface area (Å²) in [5, 5.41) is 7.67. The van der Waals surface area contributed by atoms with Gasteiger partial charge in [-0.05, 0) is 106 Å². The van der Waals surface area contributed by atoms with Crippen LogP contribution < -0.4 is 15.4 Å². The van der Waals surface area contributed by atoms with Gasteiger partial charge in [0.15, 0.2) is 0 Å². The van der Waals surface area contributed by atoms with E-state index in [2.05, 4.69) is 77.1 Å². The number of aromatic nitrogens is 1. The molecule has 0 aliphatic carbocycles. The average molecular weight is 837 g/mol. The van der Waals surface area contributed by atoms with Gasteiger partial charge in [-0.3, -0.25) is 14.6 Å². The summed E-state index contributed by atoms with van der Waals surface area (Å²) in [6.45, 7) is 7.59. The highest BCUT2D eigenvalue weighted by atomic mass is 16.5. The quantitative estimate of drug-likeness (QED) is 0.135. The third-order valence-corrected chi connectivity index (χ3v) is 12.9. The molecule has 5 heterocycles. The zero-order valence-electron chi connectivity index (χ0n) is 35.7. The number of rotatable bonds is 9. The molecular weight excluding hydrogens is 785 g/mol. The van der Waals surface area contributed by atoms with Gasteiger partial charge in [-0.1, -0.05) is 69.3 Å². The molecule has 1 aromatic heterocycles. The number of methoxy groups -OCH3 is 2. The van der Waals surface area contributed by atoms with E-state index in [1.54, 1.807) is 0 Å². The summed E-state index contributed by atoms with van der Waals surface area (Å²) >= 11 is 0. The van der Waals surface area contributed by atoms with Crippen molar-refractivity contribution in [3.63, 3.8) is 0 Å². The Hall–Kier alpha value is -6.63. The first-order chi connectivity index (χ1) is 30.0. The first-order valence-corrected chi connectivity index (χ1v) is 21.5. The van der Waals surface area contributed by atoms with E-state index in [0.29, 0.717) is 31.7 Å². The predicted octanol–water partition coefficient (Wildman–Crippen LogP) is 8.40. The second-order valence-corrected chi connectivity index (χ2v) is 17.3. The number of benzene rings is 4. The summed E-state index contributed by atoms with van der Waals surface area (Å²) in [6, 6.07) is 26.5. The maximum Gasteiger partial charge on any atom is 0.407 e. The molecule has 4 aromatic carbocycles. The standard InChI is InChI=1S/C49H52N6O7/c1-27(2)44(52-48(58)60-4)46(56)54-19-9-12-41(54)39-18-17-37(50-39)31-13-15-33-32(21-31)26-62-43-24-34-30(22-36(33)43)14-16-38-35(34)23-40(51-38)42-20-28(3)25-55(42)47(57)45(53-49(59)61-5)29-10-7-6-8-11-29/h6-8,10-11,13-18,21-22,24,27-28,41-42,44-45,50H,9,12,19-20,23,25-26H2,1-5H3,(H,52,58)(H,53,59)/t28-,41-,42-,44-,45+/m0/s1. The van der Waals surface area contributed by atoms with Gasteiger partial charge in [0.05, 0.1) is 32.0 Å². The van der Waals surface area contributed by atoms with Gasteiger partial charge in [0.25, 0.3) is 0 Å². The molecule has 320 valence electrons. The number of amides is 4. The number of aromatic amines is 1. The Bertz CT molecular complexity index is 2600. The van der Waals surface area contributed by atoms with E-state index in [9.17, 15) is 19.2 Å². The van der Waals surface area contributed by atoms with Crippen molar-refractivity contribution in [1.82, 2.24) is 25.4 Å². The first kappa shape index (κ1) is 40.8. The number of H-pyrrole nitrogens is 1. The van der Waals surface area contributed by atoms with Crippen molar-refractivity contribution in [3.05, 3.63) is 107 Å². The number of ether oxygens (including phenoxy) is 3. The number of alkyl carbamates (subject to hydrolysis) is 2. The number of carbonyl (C=O) groups is 4. The summed E-state index contributed by atoms with van der Waals surface area (Å²) in [7, 11) is 2.60. The number of fused-ring (bicyclic) bond motifs is 6. The number of hydrogen-bond donors (Lipinski definition) is 3. The Labute approximate surface area is 360 Å².